The predicted octanol–water partition coefficient (Wildman–Crippen LogP) is 5.70. The normalized spacial score (nSPS) is 21.7. The Morgan fingerprint density at radius 3 is 2.41 bits per heavy atom. The first kappa shape index (κ1) is 15.4. The molecular formula is C19H20ClFO. The number of phenols is 1. The zero-order valence-electron chi connectivity index (χ0n) is 12.4. The maximum atomic E-state index is 14.0. The van der Waals surface area contributed by atoms with E-state index in [9.17, 15) is 9.50 Å². The second-order valence-corrected chi connectivity index (χ2v) is 6.64. The molecular weight excluding hydrogens is 299 g/mol. The van der Waals surface area contributed by atoms with E-state index in [0.717, 1.165) is 25.7 Å². The van der Waals surface area contributed by atoms with Crippen LogP contribution in [0.3, 0.4) is 0 Å². The Morgan fingerprint density at radius 2 is 1.73 bits per heavy atom. The molecule has 1 nitrogen and oxygen atoms in total. The van der Waals surface area contributed by atoms with Crippen molar-refractivity contribution < 1.29 is 9.50 Å². The number of rotatable bonds is 3. The topological polar surface area (TPSA) is 20.2 Å². The number of phenolic OH excluding ortho intramolecular Hbond substituents is 1. The third kappa shape index (κ3) is 3.44. The third-order valence-corrected chi connectivity index (χ3v) is 4.99. The minimum Gasteiger partial charge on any atom is -0.508 e. The van der Waals surface area contributed by atoms with Gasteiger partial charge in [0.05, 0.1) is 5.02 Å². The fourth-order valence-electron chi connectivity index (χ4n) is 3.51. The number of hydrogen-bond acceptors (Lipinski definition) is 1. The molecule has 3 rings (SSSR count). The van der Waals surface area contributed by atoms with Gasteiger partial charge in [0, 0.05) is 6.07 Å². The Bertz CT molecular complexity index is 633. The summed E-state index contributed by atoms with van der Waals surface area (Å²) in [6.45, 7) is 0. The second kappa shape index (κ2) is 6.70. The first-order valence-corrected chi connectivity index (χ1v) is 8.23. The number of aromatic hydroxyl groups is 1. The minimum absolute atomic E-state index is 0.00738. The zero-order valence-corrected chi connectivity index (χ0v) is 13.2. The molecule has 3 heteroatoms. The highest BCUT2D eigenvalue weighted by Gasteiger charge is 2.23. The molecule has 0 bridgehead atoms. The molecule has 1 fully saturated rings. The van der Waals surface area contributed by atoms with Crippen molar-refractivity contribution in [2.45, 2.75) is 38.0 Å². The summed E-state index contributed by atoms with van der Waals surface area (Å²) in [7, 11) is 0. The van der Waals surface area contributed by atoms with E-state index in [2.05, 4.69) is 24.3 Å². The Hall–Kier alpha value is -1.54. The van der Waals surface area contributed by atoms with E-state index in [1.807, 2.05) is 6.07 Å². The molecule has 0 saturated heterocycles. The molecule has 22 heavy (non-hydrogen) atoms. The monoisotopic (exact) mass is 318 g/mol. The highest BCUT2D eigenvalue weighted by molar-refractivity contribution is 6.30. The molecule has 0 atom stereocenters. The van der Waals surface area contributed by atoms with Crippen molar-refractivity contribution in [2.24, 2.45) is 5.92 Å². The van der Waals surface area contributed by atoms with Crippen LogP contribution >= 0.6 is 11.6 Å². The van der Waals surface area contributed by atoms with Crippen LogP contribution in [0.5, 0.6) is 5.75 Å². The fourth-order valence-corrected chi connectivity index (χ4v) is 3.75. The van der Waals surface area contributed by atoms with Crippen molar-refractivity contribution in [2.75, 3.05) is 0 Å². The van der Waals surface area contributed by atoms with E-state index in [4.69, 9.17) is 11.6 Å². The Kier molecular flexibility index (Phi) is 4.68. The largest absolute Gasteiger partial charge is 0.508 e. The van der Waals surface area contributed by atoms with Crippen LogP contribution in [0.25, 0.3) is 0 Å². The van der Waals surface area contributed by atoms with E-state index in [0.29, 0.717) is 23.8 Å². The molecule has 116 valence electrons. The van der Waals surface area contributed by atoms with Gasteiger partial charge in [-0.15, -0.1) is 0 Å². The van der Waals surface area contributed by atoms with Crippen LogP contribution < -0.4 is 0 Å². The lowest BCUT2D eigenvalue weighted by atomic mass is 9.76. The quantitative estimate of drug-likeness (QED) is 0.769. The molecule has 1 aliphatic carbocycles. The number of benzene rings is 2. The lowest BCUT2D eigenvalue weighted by molar-refractivity contribution is 0.321. The van der Waals surface area contributed by atoms with Crippen molar-refractivity contribution in [3.63, 3.8) is 0 Å². The Balaban J connectivity index is 1.63. The fraction of sp³-hybridized carbons (Fsp3) is 0.368. The molecule has 0 aromatic heterocycles. The van der Waals surface area contributed by atoms with Gasteiger partial charge in [0.1, 0.15) is 11.6 Å². The van der Waals surface area contributed by atoms with Gasteiger partial charge in [-0.25, -0.2) is 4.39 Å². The first-order valence-electron chi connectivity index (χ1n) is 7.85. The van der Waals surface area contributed by atoms with Crippen molar-refractivity contribution in [1.82, 2.24) is 0 Å². The lowest BCUT2D eigenvalue weighted by Crippen LogP contribution is -2.16. The van der Waals surface area contributed by atoms with Gasteiger partial charge in [-0.05, 0) is 61.1 Å². The molecule has 2 aromatic carbocycles. The minimum atomic E-state index is -0.385. The van der Waals surface area contributed by atoms with E-state index >= 15 is 0 Å². The molecule has 1 N–H and O–H groups in total. The van der Waals surface area contributed by atoms with Gasteiger partial charge >= 0.3 is 0 Å². The van der Waals surface area contributed by atoms with Gasteiger partial charge in [-0.3, -0.25) is 0 Å². The number of hydrogen-bond donors (Lipinski definition) is 1. The zero-order chi connectivity index (χ0) is 15.5. The molecule has 1 aliphatic rings. The highest BCUT2D eigenvalue weighted by atomic mass is 35.5. The summed E-state index contributed by atoms with van der Waals surface area (Å²) in [5.41, 5.74) is 1.95. The number of halogens is 2. The molecule has 0 aliphatic heterocycles. The van der Waals surface area contributed by atoms with Gasteiger partial charge < -0.3 is 5.11 Å². The summed E-state index contributed by atoms with van der Waals surface area (Å²) in [5.74, 6) is 0.742. The van der Waals surface area contributed by atoms with Crippen LogP contribution in [0.15, 0.2) is 42.5 Å². The summed E-state index contributed by atoms with van der Waals surface area (Å²) in [4.78, 5) is 0. The predicted molar refractivity (Wildman–Crippen MR) is 87.9 cm³/mol. The maximum Gasteiger partial charge on any atom is 0.145 e. The summed E-state index contributed by atoms with van der Waals surface area (Å²) in [5, 5.41) is 9.59. The van der Waals surface area contributed by atoms with Crippen molar-refractivity contribution in [3.05, 3.63) is 64.4 Å². The molecule has 0 radical (unpaired) electrons. The SMILES string of the molecule is Oc1cc(Cl)c(F)c(CC2CCC(c3ccccc3)CC2)c1. The average Bonchev–Trinajstić information content (AvgIpc) is 2.54. The van der Waals surface area contributed by atoms with E-state index in [1.165, 1.54) is 17.7 Å². The Labute approximate surface area is 135 Å². The van der Waals surface area contributed by atoms with E-state index < -0.39 is 0 Å². The molecule has 0 spiro atoms. The van der Waals surface area contributed by atoms with Crippen LogP contribution in [0.1, 0.15) is 42.7 Å². The van der Waals surface area contributed by atoms with Crippen LogP contribution in [-0.2, 0) is 6.42 Å². The average molecular weight is 319 g/mol. The van der Waals surface area contributed by atoms with Crippen molar-refractivity contribution >= 4 is 11.6 Å². The molecule has 1 saturated carbocycles. The maximum absolute atomic E-state index is 14.0. The first-order chi connectivity index (χ1) is 10.6. The van der Waals surface area contributed by atoms with Gasteiger partial charge in [-0.1, -0.05) is 41.9 Å². The van der Waals surface area contributed by atoms with E-state index in [-0.39, 0.29) is 16.6 Å². The van der Waals surface area contributed by atoms with Gasteiger partial charge in [0.2, 0.25) is 0 Å². The van der Waals surface area contributed by atoms with Crippen LogP contribution in [0.4, 0.5) is 4.39 Å². The standard InChI is InChI=1S/C19H20ClFO/c20-18-12-17(22)11-16(19(18)21)10-13-6-8-15(9-7-13)14-4-2-1-3-5-14/h1-5,11-13,15,22H,6-10H2. The third-order valence-electron chi connectivity index (χ3n) is 4.71. The molecule has 0 unspecified atom stereocenters. The smallest absolute Gasteiger partial charge is 0.145 e. The van der Waals surface area contributed by atoms with Crippen molar-refractivity contribution in [3.8, 4) is 5.75 Å². The second-order valence-electron chi connectivity index (χ2n) is 6.23. The summed E-state index contributed by atoms with van der Waals surface area (Å²) in [6, 6.07) is 13.4. The van der Waals surface area contributed by atoms with Gasteiger partial charge in [-0.2, -0.15) is 0 Å². The van der Waals surface area contributed by atoms with Crippen molar-refractivity contribution in [1.29, 1.82) is 0 Å². The summed E-state index contributed by atoms with van der Waals surface area (Å²) in [6.07, 6.45) is 5.12. The van der Waals surface area contributed by atoms with Crippen LogP contribution in [-0.4, -0.2) is 5.11 Å². The molecule has 0 heterocycles. The van der Waals surface area contributed by atoms with Gasteiger partial charge in [0.15, 0.2) is 0 Å². The summed E-state index contributed by atoms with van der Waals surface area (Å²) < 4.78 is 14.0. The van der Waals surface area contributed by atoms with E-state index in [1.54, 1.807) is 0 Å². The molecule has 2 aromatic rings. The Morgan fingerprint density at radius 1 is 1.05 bits per heavy atom. The van der Waals surface area contributed by atoms with Crippen LogP contribution in [0.2, 0.25) is 5.02 Å². The summed E-state index contributed by atoms with van der Waals surface area (Å²) >= 11 is 5.81. The highest BCUT2D eigenvalue weighted by Crippen LogP contribution is 2.38. The molecule has 0 amide bonds. The van der Waals surface area contributed by atoms with Gasteiger partial charge in [0.25, 0.3) is 0 Å². The lowest BCUT2D eigenvalue weighted by Gasteiger charge is -2.29. The van der Waals surface area contributed by atoms with Crippen LogP contribution in [0, 0.1) is 11.7 Å².